The van der Waals surface area contributed by atoms with Crippen molar-refractivity contribution in [2.24, 2.45) is 5.73 Å². The lowest BCUT2D eigenvalue weighted by Gasteiger charge is -2.37. The third-order valence-electron chi connectivity index (χ3n) is 3.73. The highest BCUT2D eigenvalue weighted by atomic mass is 35.5. The van der Waals surface area contributed by atoms with E-state index in [4.69, 9.17) is 17.3 Å². The van der Waals surface area contributed by atoms with Gasteiger partial charge >= 0.3 is 0 Å². The van der Waals surface area contributed by atoms with Crippen LogP contribution >= 0.6 is 36.4 Å². The summed E-state index contributed by atoms with van der Waals surface area (Å²) in [5, 5.41) is 3.32. The van der Waals surface area contributed by atoms with E-state index < -0.39 is 5.54 Å². The van der Waals surface area contributed by atoms with Crippen LogP contribution in [0, 0.1) is 0 Å². The van der Waals surface area contributed by atoms with Gasteiger partial charge in [0.25, 0.3) is 0 Å². The molecule has 0 unspecified atom stereocenters. The van der Waals surface area contributed by atoms with E-state index in [0.717, 1.165) is 0 Å². The molecule has 0 aliphatic carbocycles. The average Bonchev–Trinajstić information content (AvgIpc) is 2.49. The van der Waals surface area contributed by atoms with Gasteiger partial charge in [-0.1, -0.05) is 23.7 Å². The fraction of sp³-hybridized carbons (Fsp3) is 0.500. The zero-order valence-electron chi connectivity index (χ0n) is 14.3. The van der Waals surface area contributed by atoms with Gasteiger partial charge < -0.3 is 16.0 Å². The molecule has 0 aromatic heterocycles. The maximum absolute atomic E-state index is 12.1. The van der Waals surface area contributed by atoms with Crippen molar-refractivity contribution >= 4 is 53.9 Å². The second kappa shape index (κ2) is 10.2. The summed E-state index contributed by atoms with van der Waals surface area (Å²) >= 11 is 6.02. The van der Waals surface area contributed by atoms with Crippen LogP contribution in [-0.2, 0) is 9.59 Å². The van der Waals surface area contributed by atoms with Crippen molar-refractivity contribution in [2.75, 3.05) is 38.0 Å². The molecule has 3 N–H and O–H groups in total. The van der Waals surface area contributed by atoms with Crippen LogP contribution in [-0.4, -0.2) is 59.9 Å². The first-order valence-electron chi connectivity index (χ1n) is 7.62. The Balaban J connectivity index is 0.00000288. The summed E-state index contributed by atoms with van der Waals surface area (Å²) in [6.07, 6.45) is 0. The Morgan fingerprint density at radius 3 is 2.24 bits per heavy atom. The highest BCUT2D eigenvalue weighted by molar-refractivity contribution is 6.33. The lowest BCUT2D eigenvalue weighted by Crippen LogP contribution is -2.57. The molecule has 0 spiro atoms. The molecular formula is C16H25Cl3N4O2. The molecule has 2 amide bonds. The van der Waals surface area contributed by atoms with Gasteiger partial charge in [0.1, 0.15) is 0 Å². The number of hydrogen-bond donors (Lipinski definition) is 2. The summed E-state index contributed by atoms with van der Waals surface area (Å²) in [5.74, 6) is -0.172. The number of benzene rings is 1. The van der Waals surface area contributed by atoms with Crippen molar-refractivity contribution in [3.8, 4) is 0 Å². The molecule has 0 saturated carbocycles. The Labute approximate surface area is 165 Å². The summed E-state index contributed by atoms with van der Waals surface area (Å²) in [6.45, 7) is 6.16. The Morgan fingerprint density at radius 2 is 1.72 bits per heavy atom. The first-order chi connectivity index (χ1) is 10.8. The Morgan fingerprint density at radius 1 is 1.16 bits per heavy atom. The second-order valence-electron chi connectivity index (χ2n) is 6.32. The van der Waals surface area contributed by atoms with E-state index in [2.05, 4.69) is 5.32 Å². The maximum atomic E-state index is 12.1. The third-order valence-corrected chi connectivity index (χ3v) is 4.06. The molecule has 25 heavy (non-hydrogen) atoms. The topological polar surface area (TPSA) is 78.7 Å². The van der Waals surface area contributed by atoms with Crippen LogP contribution in [0.15, 0.2) is 24.3 Å². The average molecular weight is 412 g/mol. The number of carbonyl (C=O) groups excluding carboxylic acids is 2. The van der Waals surface area contributed by atoms with Crippen LogP contribution < -0.4 is 11.1 Å². The number of anilines is 1. The Bertz CT molecular complexity index is 585. The number of halogens is 3. The van der Waals surface area contributed by atoms with Gasteiger partial charge in [-0.15, -0.1) is 24.8 Å². The van der Waals surface area contributed by atoms with Crippen molar-refractivity contribution in [3.63, 3.8) is 0 Å². The second-order valence-corrected chi connectivity index (χ2v) is 6.73. The highest BCUT2D eigenvalue weighted by Gasteiger charge is 2.30. The summed E-state index contributed by atoms with van der Waals surface area (Å²) in [5.41, 5.74) is 5.60. The molecule has 142 valence electrons. The monoisotopic (exact) mass is 410 g/mol. The molecule has 1 aromatic carbocycles. The molecule has 6 nitrogen and oxygen atoms in total. The molecular weight excluding hydrogens is 387 g/mol. The van der Waals surface area contributed by atoms with Crippen molar-refractivity contribution in [1.29, 1.82) is 0 Å². The number of nitrogens with two attached hydrogens (primary N) is 1. The summed E-state index contributed by atoms with van der Waals surface area (Å²) < 4.78 is 0. The van der Waals surface area contributed by atoms with E-state index in [1.165, 1.54) is 0 Å². The maximum Gasteiger partial charge on any atom is 0.242 e. The number of carbonyl (C=O) groups is 2. The van der Waals surface area contributed by atoms with Crippen LogP contribution in [0.5, 0.6) is 0 Å². The fourth-order valence-corrected chi connectivity index (χ4v) is 2.65. The molecule has 1 fully saturated rings. The molecule has 1 aliphatic rings. The van der Waals surface area contributed by atoms with E-state index in [0.29, 0.717) is 36.9 Å². The molecule has 9 heteroatoms. The number of amides is 2. The highest BCUT2D eigenvalue weighted by Crippen LogP contribution is 2.20. The number of hydrogen-bond acceptors (Lipinski definition) is 4. The quantitative estimate of drug-likeness (QED) is 0.794. The van der Waals surface area contributed by atoms with E-state index in [9.17, 15) is 9.59 Å². The first kappa shape index (κ1) is 23.9. The molecule has 2 rings (SSSR count). The molecule has 0 atom stereocenters. The van der Waals surface area contributed by atoms with Gasteiger partial charge in [0.05, 0.1) is 22.8 Å². The predicted octanol–water partition coefficient (Wildman–Crippen LogP) is 2.00. The number of nitrogens with zero attached hydrogens (tertiary/aromatic N) is 2. The van der Waals surface area contributed by atoms with E-state index in [1.54, 1.807) is 30.9 Å². The van der Waals surface area contributed by atoms with Gasteiger partial charge in [0, 0.05) is 26.2 Å². The molecule has 0 bridgehead atoms. The lowest BCUT2D eigenvalue weighted by molar-refractivity contribution is -0.137. The minimum atomic E-state index is -0.858. The normalized spacial score (nSPS) is 15.0. The third kappa shape index (κ3) is 6.99. The van der Waals surface area contributed by atoms with Crippen molar-refractivity contribution in [2.45, 2.75) is 19.4 Å². The van der Waals surface area contributed by atoms with E-state index in [1.807, 2.05) is 17.0 Å². The number of nitrogens with one attached hydrogen (secondary N) is 1. The van der Waals surface area contributed by atoms with Gasteiger partial charge in [0.15, 0.2) is 0 Å². The number of rotatable bonds is 4. The smallest absolute Gasteiger partial charge is 0.242 e. The standard InChI is InChI=1S/C16H23ClN4O2.2ClH/c1-16(2,18)15(23)21-9-7-20(8-10-21)11-14(22)19-13-6-4-3-5-12(13)17;;/h3-6H,7-11,18H2,1-2H3,(H,19,22);2*1H. The van der Waals surface area contributed by atoms with Gasteiger partial charge in [-0.2, -0.15) is 0 Å². The van der Waals surface area contributed by atoms with Crippen LogP contribution in [0.4, 0.5) is 5.69 Å². The largest absolute Gasteiger partial charge is 0.339 e. The SMILES string of the molecule is CC(C)(N)C(=O)N1CCN(CC(=O)Nc2ccccc2Cl)CC1.Cl.Cl. The minimum absolute atomic E-state index is 0. The molecule has 0 radical (unpaired) electrons. The van der Waals surface area contributed by atoms with Crippen molar-refractivity contribution < 1.29 is 9.59 Å². The predicted molar refractivity (Wildman–Crippen MR) is 106 cm³/mol. The zero-order chi connectivity index (χ0) is 17.0. The summed E-state index contributed by atoms with van der Waals surface area (Å²) in [7, 11) is 0. The number of para-hydroxylation sites is 1. The molecule has 1 saturated heterocycles. The van der Waals surface area contributed by atoms with Gasteiger partial charge in [-0.05, 0) is 26.0 Å². The minimum Gasteiger partial charge on any atom is -0.339 e. The lowest BCUT2D eigenvalue weighted by atomic mass is 10.0. The zero-order valence-corrected chi connectivity index (χ0v) is 16.7. The molecule has 1 heterocycles. The van der Waals surface area contributed by atoms with Crippen molar-refractivity contribution in [1.82, 2.24) is 9.80 Å². The van der Waals surface area contributed by atoms with Crippen molar-refractivity contribution in [3.05, 3.63) is 29.3 Å². The first-order valence-corrected chi connectivity index (χ1v) is 8.00. The summed E-state index contributed by atoms with van der Waals surface area (Å²) in [4.78, 5) is 28.0. The fourth-order valence-electron chi connectivity index (χ4n) is 2.47. The van der Waals surface area contributed by atoms with Gasteiger partial charge in [-0.3, -0.25) is 14.5 Å². The van der Waals surface area contributed by atoms with Crippen LogP contribution in [0.25, 0.3) is 0 Å². The van der Waals surface area contributed by atoms with Crippen LogP contribution in [0.3, 0.4) is 0 Å². The Hall–Kier alpha value is -1.05. The molecule has 1 aromatic rings. The van der Waals surface area contributed by atoms with Gasteiger partial charge in [-0.25, -0.2) is 0 Å². The number of piperazine rings is 1. The van der Waals surface area contributed by atoms with Gasteiger partial charge in [0.2, 0.25) is 11.8 Å². The molecule has 1 aliphatic heterocycles. The summed E-state index contributed by atoms with van der Waals surface area (Å²) in [6, 6.07) is 7.13. The van der Waals surface area contributed by atoms with E-state index >= 15 is 0 Å². The van der Waals surface area contributed by atoms with E-state index in [-0.39, 0.29) is 43.2 Å². The van der Waals surface area contributed by atoms with Crippen LogP contribution in [0.1, 0.15) is 13.8 Å². The van der Waals surface area contributed by atoms with Crippen LogP contribution in [0.2, 0.25) is 5.02 Å². The Kier molecular flexibility index (Phi) is 9.76.